The van der Waals surface area contributed by atoms with Crippen molar-refractivity contribution in [2.45, 2.75) is 30.8 Å². The minimum atomic E-state index is -3.56. The van der Waals surface area contributed by atoms with Crippen molar-refractivity contribution in [1.82, 2.24) is 4.72 Å². The van der Waals surface area contributed by atoms with Gasteiger partial charge in [-0.1, -0.05) is 12.1 Å². The minimum Gasteiger partial charge on any atom is -0.453 e. The van der Waals surface area contributed by atoms with E-state index in [9.17, 15) is 18.0 Å². The topological polar surface area (TPSA) is 128 Å². The summed E-state index contributed by atoms with van der Waals surface area (Å²) < 4.78 is 30.9. The highest BCUT2D eigenvalue weighted by Gasteiger charge is 2.29. The van der Waals surface area contributed by atoms with E-state index in [2.05, 4.69) is 9.71 Å². The number of sulfonamides is 1. The molecule has 0 bridgehead atoms. The highest BCUT2D eigenvalue weighted by atomic mass is 32.2. The molecule has 1 aromatic carbocycles. The molecule has 0 saturated heterocycles. The van der Waals surface area contributed by atoms with E-state index in [0.29, 0.717) is 12.0 Å². The fourth-order valence-electron chi connectivity index (χ4n) is 1.98. The Labute approximate surface area is 133 Å². The van der Waals surface area contributed by atoms with Crippen LogP contribution in [0.4, 0.5) is 0 Å². The Hall–Kier alpha value is -2.42. The molecular weight excluding hydrogens is 322 g/mol. The van der Waals surface area contributed by atoms with Gasteiger partial charge in [0.1, 0.15) is 5.84 Å². The summed E-state index contributed by atoms with van der Waals surface area (Å²) in [6.45, 7) is 1.64. The fraction of sp³-hybridized carbons (Fsp3) is 0.357. The van der Waals surface area contributed by atoms with E-state index in [0.717, 1.165) is 0 Å². The van der Waals surface area contributed by atoms with Gasteiger partial charge in [0, 0.05) is 18.5 Å². The lowest BCUT2D eigenvalue weighted by molar-refractivity contribution is -0.153. The first kappa shape index (κ1) is 16.9. The van der Waals surface area contributed by atoms with Crippen molar-refractivity contribution >= 4 is 27.7 Å². The first-order valence-electron chi connectivity index (χ1n) is 6.97. The predicted molar refractivity (Wildman–Crippen MR) is 82.1 cm³/mol. The van der Waals surface area contributed by atoms with Crippen molar-refractivity contribution in [2.75, 3.05) is 6.54 Å². The maximum Gasteiger partial charge on any atom is 0.306 e. The monoisotopic (exact) mass is 339 g/mol. The van der Waals surface area contributed by atoms with Crippen LogP contribution in [0.15, 0.2) is 34.2 Å². The Morgan fingerprint density at radius 2 is 2.04 bits per heavy atom. The molecule has 3 N–H and O–H groups in total. The van der Waals surface area contributed by atoms with Crippen LogP contribution in [0.3, 0.4) is 0 Å². The molecule has 0 unspecified atom stereocenters. The Balaban J connectivity index is 1.91. The molecule has 0 fully saturated rings. The number of nitrogens with two attached hydrogens (primary N) is 1. The molecule has 1 aliphatic heterocycles. The van der Waals surface area contributed by atoms with Crippen molar-refractivity contribution in [3.63, 3.8) is 0 Å². The van der Waals surface area contributed by atoms with E-state index >= 15 is 0 Å². The quantitative estimate of drug-likeness (QED) is 0.553. The Morgan fingerprint density at radius 1 is 1.35 bits per heavy atom. The third kappa shape index (κ3) is 4.07. The molecular formula is C14H17N3O5S. The number of primary amides is 1. The van der Waals surface area contributed by atoms with Gasteiger partial charge in [-0.05, 0) is 25.5 Å². The number of amidine groups is 1. The van der Waals surface area contributed by atoms with Crippen LogP contribution in [-0.2, 0) is 24.3 Å². The number of fused-ring (bicyclic) bond motifs is 1. The van der Waals surface area contributed by atoms with Gasteiger partial charge < -0.3 is 10.5 Å². The van der Waals surface area contributed by atoms with Crippen molar-refractivity contribution < 1.29 is 22.7 Å². The van der Waals surface area contributed by atoms with Crippen LogP contribution in [0.5, 0.6) is 0 Å². The lowest BCUT2D eigenvalue weighted by Gasteiger charge is -2.08. The maximum atomic E-state index is 11.9. The molecule has 0 spiro atoms. The average molecular weight is 339 g/mol. The number of benzene rings is 1. The number of esters is 1. The molecule has 9 heteroatoms. The number of aliphatic imine (C=N–C) groups is 1. The van der Waals surface area contributed by atoms with E-state index in [1.807, 2.05) is 0 Å². The van der Waals surface area contributed by atoms with Crippen LogP contribution in [0.2, 0.25) is 0 Å². The summed E-state index contributed by atoms with van der Waals surface area (Å²) in [6, 6.07) is 6.52. The number of carbonyl (C=O) groups is 2. The zero-order chi connectivity index (χ0) is 17.0. The van der Waals surface area contributed by atoms with E-state index in [-0.39, 0.29) is 23.7 Å². The number of carbonyl (C=O) groups excluding carboxylic acids is 2. The first-order chi connectivity index (χ1) is 10.8. The van der Waals surface area contributed by atoms with Crippen molar-refractivity contribution in [1.29, 1.82) is 0 Å². The zero-order valence-corrected chi connectivity index (χ0v) is 13.3. The second kappa shape index (κ2) is 6.78. The number of hydrogen-bond donors (Lipinski definition) is 2. The lowest BCUT2D eigenvalue weighted by Crippen LogP contribution is -2.30. The van der Waals surface area contributed by atoms with Gasteiger partial charge in [-0.3, -0.25) is 19.3 Å². The smallest absolute Gasteiger partial charge is 0.306 e. The maximum absolute atomic E-state index is 11.9. The summed E-state index contributed by atoms with van der Waals surface area (Å²) >= 11 is 0. The molecule has 1 heterocycles. The van der Waals surface area contributed by atoms with Crippen LogP contribution in [-0.4, -0.2) is 38.8 Å². The minimum absolute atomic E-state index is 0.0583. The fourth-order valence-corrected chi connectivity index (χ4v) is 3.23. The van der Waals surface area contributed by atoms with Crippen LogP contribution >= 0.6 is 0 Å². The number of hydrogen-bond acceptors (Lipinski definition) is 6. The van der Waals surface area contributed by atoms with Gasteiger partial charge in [-0.15, -0.1) is 0 Å². The van der Waals surface area contributed by atoms with Crippen LogP contribution < -0.4 is 10.5 Å². The molecule has 1 atom stereocenters. The van der Waals surface area contributed by atoms with Crippen molar-refractivity contribution in [2.24, 2.45) is 10.7 Å². The predicted octanol–water partition coefficient (Wildman–Crippen LogP) is -0.0777. The normalized spacial score (nSPS) is 18.0. The summed E-state index contributed by atoms with van der Waals surface area (Å²) in [5, 5.41) is 0. The molecule has 0 aliphatic carbocycles. The van der Waals surface area contributed by atoms with Crippen molar-refractivity contribution in [3.8, 4) is 0 Å². The third-order valence-electron chi connectivity index (χ3n) is 3.18. The number of ether oxygens (including phenoxy) is 1. The Kier molecular flexibility index (Phi) is 4.99. The average Bonchev–Trinajstić information content (AvgIpc) is 2.75. The third-order valence-corrected chi connectivity index (χ3v) is 4.58. The van der Waals surface area contributed by atoms with Gasteiger partial charge in [-0.2, -0.15) is 0 Å². The van der Waals surface area contributed by atoms with Gasteiger partial charge in [0.2, 0.25) is 0 Å². The molecule has 2 rings (SSSR count). The number of amides is 1. The molecule has 0 aromatic heterocycles. The molecule has 124 valence electrons. The standard InChI is InChI=1S/C14H17N3O5S/c1-9(13(15)19)22-12(18)7-4-8-16-14-10-5-2-3-6-11(10)23(20,21)17-14/h2-3,5-6,9H,4,7-8H2,1H3,(H2,15,19)(H,16,17)/t9-/m1/s1. The molecule has 0 saturated carbocycles. The molecule has 0 radical (unpaired) electrons. The van der Waals surface area contributed by atoms with Gasteiger partial charge in [0.05, 0.1) is 4.90 Å². The summed E-state index contributed by atoms with van der Waals surface area (Å²) in [5.41, 5.74) is 5.50. The van der Waals surface area contributed by atoms with E-state index in [1.165, 1.54) is 13.0 Å². The van der Waals surface area contributed by atoms with Crippen LogP contribution in [0, 0.1) is 0 Å². The number of nitrogens with zero attached hydrogens (tertiary/aromatic N) is 1. The van der Waals surface area contributed by atoms with Gasteiger partial charge in [0.25, 0.3) is 15.9 Å². The van der Waals surface area contributed by atoms with E-state index in [1.54, 1.807) is 18.2 Å². The van der Waals surface area contributed by atoms with Crippen molar-refractivity contribution in [3.05, 3.63) is 29.8 Å². The lowest BCUT2D eigenvalue weighted by atomic mass is 10.2. The number of nitrogens with one attached hydrogen (secondary N) is 1. The van der Waals surface area contributed by atoms with Gasteiger partial charge in [-0.25, -0.2) is 8.42 Å². The summed E-state index contributed by atoms with van der Waals surface area (Å²) in [5.74, 6) is -1.00. The van der Waals surface area contributed by atoms with Gasteiger partial charge >= 0.3 is 5.97 Å². The molecule has 8 nitrogen and oxygen atoms in total. The summed E-state index contributed by atoms with van der Waals surface area (Å²) in [6.07, 6.45) is -0.553. The summed E-state index contributed by atoms with van der Waals surface area (Å²) in [4.78, 5) is 26.6. The van der Waals surface area contributed by atoms with Gasteiger partial charge in [0.15, 0.2) is 6.10 Å². The van der Waals surface area contributed by atoms with E-state index < -0.39 is 28.0 Å². The second-order valence-electron chi connectivity index (χ2n) is 4.97. The highest BCUT2D eigenvalue weighted by Crippen LogP contribution is 2.22. The van der Waals surface area contributed by atoms with Crippen LogP contribution in [0.25, 0.3) is 0 Å². The zero-order valence-electron chi connectivity index (χ0n) is 12.5. The Morgan fingerprint density at radius 3 is 2.74 bits per heavy atom. The highest BCUT2D eigenvalue weighted by molar-refractivity contribution is 7.90. The first-order valence-corrected chi connectivity index (χ1v) is 8.45. The number of rotatable bonds is 6. The Bertz CT molecular complexity index is 757. The molecule has 1 aromatic rings. The largest absolute Gasteiger partial charge is 0.453 e. The van der Waals surface area contributed by atoms with Crippen LogP contribution in [0.1, 0.15) is 25.3 Å². The second-order valence-corrected chi connectivity index (χ2v) is 6.62. The summed E-state index contributed by atoms with van der Waals surface area (Å²) in [7, 11) is -3.56. The molecule has 1 amide bonds. The van der Waals surface area contributed by atoms with E-state index in [4.69, 9.17) is 10.5 Å². The molecule has 23 heavy (non-hydrogen) atoms. The molecule has 1 aliphatic rings. The SMILES string of the molecule is C[C@@H](OC(=O)CCCN=C1NS(=O)(=O)c2ccccc21)C(N)=O.